The molecule has 0 unspecified atom stereocenters. The maximum atomic E-state index is 12.5. The van der Waals surface area contributed by atoms with Gasteiger partial charge in [0.05, 0.1) is 0 Å². The van der Waals surface area contributed by atoms with E-state index in [1.54, 1.807) is 36.7 Å². The molecular weight excluding hydrogens is 280 g/mol. The highest BCUT2D eigenvalue weighted by atomic mass is 16.4. The molecule has 0 aliphatic carbocycles. The monoisotopic (exact) mass is 298 g/mol. The first kappa shape index (κ1) is 15.7. The quantitative estimate of drug-likeness (QED) is 0.889. The van der Waals surface area contributed by atoms with Crippen molar-refractivity contribution >= 4 is 17.6 Å². The maximum Gasteiger partial charge on any atom is 0.326 e. The van der Waals surface area contributed by atoms with Crippen LogP contribution in [0.3, 0.4) is 0 Å². The van der Waals surface area contributed by atoms with Gasteiger partial charge >= 0.3 is 5.97 Å². The van der Waals surface area contributed by atoms with Gasteiger partial charge in [0.1, 0.15) is 6.04 Å². The summed E-state index contributed by atoms with van der Waals surface area (Å²) in [6.45, 7) is 1.51. The number of benzene rings is 1. The lowest BCUT2D eigenvalue weighted by atomic mass is 10.1. The first-order valence-electron chi connectivity index (χ1n) is 7.08. The Morgan fingerprint density at radius 2 is 1.91 bits per heavy atom. The molecule has 0 aliphatic heterocycles. The van der Waals surface area contributed by atoms with Gasteiger partial charge in [0.2, 0.25) is 5.91 Å². The Balaban J connectivity index is 2.14. The summed E-state index contributed by atoms with van der Waals surface area (Å²) < 4.78 is 0. The summed E-state index contributed by atoms with van der Waals surface area (Å²) in [7, 11) is 0. The molecule has 1 aromatic heterocycles. The lowest BCUT2D eigenvalue weighted by molar-refractivity contribution is -0.139. The number of anilines is 1. The van der Waals surface area contributed by atoms with Crippen molar-refractivity contribution in [2.45, 2.75) is 25.8 Å². The Morgan fingerprint density at radius 1 is 1.18 bits per heavy atom. The van der Waals surface area contributed by atoms with Gasteiger partial charge in [0, 0.05) is 24.5 Å². The van der Waals surface area contributed by atoms with Gasteiger partial charge in [-0.3, -0.25) is 14.7 Å². The summed E-state index contributed by atoms with van der Waals surface area (Å²) in [6.07, 6.45) is 4.15. The molecule has 5 heteroatoms. The first-order chi connectivity index (χ1) is 10.6. The van der Waals surface area contributed by atoms with Crippen molar-refractivity contribution in [3.8, 4) is 0 Å². The van der Waals surface area contributed by atoms with E-state index in [0.717, 1.165) is 5.56 Å². The van der Waals surface area contributed by atoms with Crippen LogP contribution < -0.4 is 4.90 Å². The zero-order chi connectivity index (χ0) is 15.9. The second-order valence-corrected chi connectivity index (χ2v) is 4.97. The Morgan fingerprint density at radius 3 is 2.50 bits per heavy atom. The summed E-state index contributed by atoms with van der Waals surface area (Å²) in [5.74, 6) is -1.25. The SMILES string of the molecule is C[C@@H](C(=O)O)N(C(=O)CCc1cccnc1)c1ccccc1. The summed E-state index contributed by atoms with van der Waals surface area (Å²) >= 11 is 0. The zero-order valence-electron chi connectivity index (χ0n) is 12.3. The number of carboxylic acids is 1. The number of hydrogen-bond acceptors (Lipinski definition) is 3. The molecule has 0 saturated heterocycles. The molecule has 1 aromatic carbocycles. The number of rotatable bonds is 6. The third-order valence-corrected chi connectivity index (χ3v) is 3.40. The number of carbonyl (C=O) groups is 2. The van der Waals surface area contributed by atoms with Crippen molar-refractivity contribution in [3.63, 3.8) is 0 Å². The van der Waals surface area contributed by atoms with Gasteiger partial charge in [-0.05, 0) is 37.1 Å². The van der Waals surface area contributed by atoms with Crippen LogP contribution in [0.1, 0.15) is 18.9 Å². The fourth-order valence-electron chi connectivity index (χ4n) is 2.20. The number of pyridine rings is 1. The number of nitrogens with zero attached hydrogens (tertiary/aromatic N) is 2. The Hall–Kier alpha value is -2.69. The van der Waals surface area contributed by atoms with Crippen molar-refractivity contribution in [2.24, 2.45) is 0 Å². The molecule has 114 valence electrons. The highest BCUT2D eigenvalue weighted by Gasteiger charge is 2.26. The number of hydrogen-bond donors (Lipinski definition) is 1. The zero-order valence-corrected chi connectivity index (χ0v) is 12.3. The lowest BCUT2D eigenvalue weighted by Gasteiger charge is -2.26. The standard InChI is InChI=1S/C17H18N2O3/c1-13(17(21)22)19(15-7-3-2-4-8-15)16(20)10-9-14-6-5-11-18-12-14/h2-8,11-13H,9-10H2,1H3,(H,21,22)/t13-/m0/s1. The Kier molecular flexibility index (Phi) is 5.25. The van der Waals surface area contributed by atoms with Crippen molar-refractivity contribution in [3.05, 3.63) is 60.4 Å². The molecule has 5 nitrogen and oxygen atoms in total. The number of aliphatic carboxylic acids is 1. The van der Waals surface area contributed by atoms with E-state index in [1.165, 1.54) is 11.8 Å². The largest absolute Gasteiger partial charge is 0.480 e. The molecule has 0 bridgehead atoms. The van der Waals surface area contributed by atoms with Crippen LogP contribution in [0.2, 0.25) is 0 Å². The van der Waals surface area contributed by atoms with E-state index >= 15 is 0 Å². The summed E-state index contributed by atoms with van der Waals surface area (Å²) in [6, 6.07) is 11.7. The maximum absolute atomic E-state index is 12.5. The second kappa shape index (κ2) is 7.36. The minimum absolute atomic E-state index is 0.218. The molecule has 0 radical (unpaired) electrons. The normalized spacial score (nSPS) is 11.7. The Bertz CT molecular complexity index is 629. The summed E-state index contributed by atoms with van der Waals surface area (Å²) in [4.78, 5) is 29.1. The van der Waals surface area contributed by atoms with E-state index in [2.05, 4.69) is 4.98 Å². The van der Waals surface area contributed by atoms with Crippen LogP contribution in [0.15, 0.2) is 54.9 Å². The molecule has 1 atom stereocenters. The van der Waals surface area contributed by atoms with Gasteiger partial charge in [-0.15, -0.1) is 0 Å². The van der Waals surface area contributed by atoms with Crippen LogP contribution >= 0.6 is 0 Å². The smallest absolute Gasteiger partial charge is 0.326 e. The van der Waals surface area contributed by atoms with Gasteiger partial charge in [0.15, 0.2) is 0 Å². The van der Waals surface area contributed by atoms with Crippen molar-refractivity contribution in [2.75, 3.05) is 4.90 Å². The average Bonchev–Trinajstić information content (AvgIpc) is 2.55. The van der Waals surface area contributed by atoms with Crippen LogP contribution in [0.4, 0.5) is 5.69 Å². The Labute approximate surface area is 129 Å². The number of amides is 1. The van der Waals surface area contributed by atoms with Gasteiger partial charge < -0.3 is 5.11 Å². The van der Waals surface area contributed by atoms with E-state index in [4.69, 9.17) is 0 Å². The van der Waals surface area contributed by atoms with Crippen LogP contribution in [-0.4, -0.2) is 28.0 Å². The van der Waals surface area contributed by atoms with Crippen LogP contribution in [-0.2, 0) is 16.0 Å². The molecule has 1 amide bonds. The third-order valence-electron chi connectivity index (χ3n) is 3.40. The van der Waals surface area contributed by atoms with Crippen molar-refractivity contribution < 1.29 is 14.7 Å². The molecule has 2 rings (SSSR count). The number of carboxylic acid groups (broad SMARTS) is 1. The summed E-state index contributed by atoms with van der Waals surface area (Å²) in [5.41, 5.74) is 1.54. The topological polar surface area (TPSA) is 70.5 Å². The lowest BCUT2D eigenvalue weighted by Crippen LogP contribution is -2.43. The van der Waals surface area contributed by atoms with E-state index in [-0.39, 0.29) is 12.3 Å². The van der Waals surface area contributed by atoms with Crippen LogP contribution in [0.5, 0.6) is 0 Å². The molecule has 1 N–H and O–H groups in total. The van der Waals surface area contributed by atoms with E-state index in [1.807, 2.05) is 18.2 Å². The molecular formula is C17H18N2O3. The summed E-state index contributed by atoms with van der Waals surface area (Å²) in [5, 5.41) is 9.24. The highest BCUT2D eigenvalue weighted by Crippen LogP contribution is 2.19. The minimum atomic E-state index is -1.03. The molecule has 22 heavy (non-hydrogen) atoms. The van der Waals surface area contributed by atoms with Gasteiger partial charge in [-0.25, -0.2) is 4.79 Å². The molecule has 2 aromatic rings. The minimum Gasteiger partial charge on any atom is -0.480 e. The van der Waals surface area contributed by atoms with Gasteiger partial charge in [0.25, 0.3) is 0 Å². The fraction of sp³-hybridized carbons (Fsp3) is 0.235. The van der Waals surface area contributed by atoms with Crippen molar-refractivity contribution in [1.29, 1.82) is 0 Å². The van der Waals surface area contributed by atoms with E-state index in [0.29, 0.717) is 12.1 Å². The molecule has 0 saturated carbocycles. The van der Waals surface area contributed by atoms with E-state index in [9.17, 15) is 14.7 Å². The number of aromatic nitrogens is 1. The predicted molar refractivity (Wildman–Crippen MR) is 83.6 cm³/mol. The number of aryl methyl sites for hydroxylation is 1. The molecule has 0 aliphatic rings. The first-order valence-corrected chi connectivity index (χ1v) is 7.08. The molecule has 0 fully saturated rings. The average molecular weight is 298 g/mol. The number of carbonyl (C=O) groups excluding carboxylic acids is 1. The molecule has 1 heterocycles. The molecule has 0 spiro atoms. The van der Waals surface area contributed by atoms with Gasteiger partial charge in [-0.2, -0.15) is 0 Å². The van der Waals surface area contributed by atoms with Crippen LogP contribution in [0, 0.1) is 0 Å². The second-order valence-electron chi connectivity index (χ2n) is 4.97. The highest BCUT2D eigenvalue weighted by molar-refractivity contribution is 5.99. The fourth-order valence-corrected chi connectivity index (χ4v) is 2.20. The third kappa shape index (κ3) is 3.91. The van der Waals surface area contributed by atoms with Crippen LogP contribution in [0.25, 0.3) is 0 Å². The number of para-hydroxylation sites is 1. The van der Waals surface area contributed by atoms with Crippen molar-refractivity contribution in [1.82, 2.24) is 4.98 Å². The van der Waals surface area contributed by atoms with Gasteiger partial charge in [-0.1, -0.05) is 24.3 Å². The predicted octanol–water partition coefficient (Wildman–Crippen LogP) is 2.52. The van der Waals surface area contributed by atoms with E-state index < -0.39 is 12.0 Å².